The molecule has 1 aromatic heterocycles. The van der Waals surface area contributed by atoms with Gasteiger partial charge in [0.15, 0.2) is 0 Å². The van der Waals surface area contributed by atoms with Crippen molar-refractivity contribution in [1.82, 2.24) is 14.9 Å². The maximum absolute atomic E-state index is 13.4. The number of nitrogens with zero attached hydrogens (tertiary/aromatic N) is 4. The molecular weight excluding hydrogens is 340 g/mol. The van der Waals surface area contributed by atoms with Crippen molar-refractivity contribution >= 4 is 11.9 Å². The fraction of sp³-hybridized carbons (Fsp3) is 0.762. The lowest BCUT2D eigenvalue weighted by Gasteiger charge is -2.40. The predicted molar refractivity (Wildman–Crippen MR) is 105 cm³/mol. The van der Waals surface area contributed by atoms with Crippen molar-refractivity contribution in [3.63, 3.8) is 0 Å². The number of hydrogen-bond acceptors (Lipinski definition) is 5. The van der Waals surface area contributed by atoms with Crippen LogP contribution in [0, 0.1) is 5.41 Å². The third-order valence-corrected chi connectivity index (χ3v) is 6.92. The molecule has 6 heteroatoms. The molecule has 6 nitrogen and oxygen atoms in total. The normalized spacial score (nSPS) is 31.7. The molecule has 0 radical (unpaired) electrons. The molecule has 4 rings (SSSR count). The van der Waals surface area contributed by atoms with Crippen LogP contribution in [-0.2, 0) is 16.0 Å². The van der Waals surface area contributed by atoms with E-state index in [4.69, 9.17) is 4.74 Å². The molecule has 3 fully saturated rings. The summed E-state index contributed by atoms with van der Waals surface area (Å²) in [6.07, 6.45) is 12.5. The molecule has 3 aliphatic rings. The van der Waals surface area contributed by atoms with Crippen LogP contribution in [0.2, 0.25) is 0 Å². The van der Waals surface area contributed by atoms with Crippen molar-refractivity contribution in [3.05, 3.63) is 18.0 Å². The van der Waals surface area contributed by atoms with Crippen LogP contribution in [-0.4, -0.2) is 59.7 Å². The predicted octanol–water partition coefficient (Wildman–Crippen LogP) is 2.82. The molecule has 27 heavy (non-hydrogen) atoms. The van der Waals surface area contributed by atoms with E-state index >= 15 is 0 Å². The summed E-state index contributed by atoms with van der Waals surface area (Å²) < 4.78 is 5.49. The maximum atomic E-state index is 13.4. The highest BCUT2D eigenvalue weighted by Crippen LogP contribution is 2.43. The Bertz CT molecular complexity index is 657. The Balaban J connectivity index is 1.44. The van der Waals surface area contributed by atoms with Crippen LogP contribution >= 0.6 is 0 Å². The standard InChI is InChI=1S/C21H32N4O2/c1-3-16-13-22-20(23-14-16)24-11-4-9-21(15-24)10-12-25(19(21)26)17-5-7-18(27-2)8-6-17/h13-14,17-18H,3-12,15H2,1-2H3/t17?,18?,21-/m1/s1. The van der Waals surface area contributed by atoms with Crippen molar-refractivity contribution in [3.8, 4) is 0 Å². The van der Waals surface area contributed by atoms with Crippen molar-refractivity contribution in [2.24, 2.45) is 5.41 Å². The Morgan fingerprint density at radius 2 is 1.89 bits per heavy atom. The van der Waals surface area contributed by atoms with Gasteiger partial charge < -0.3 is 14.5 Å². The van der Waals surface area contributed by atoms with Crippen LogP contribution in [0.1, 0.15) is 57.4 Å². The van der Waals surface area contributed by atoms with Crippen LogP contribution < -0.4 is 4.90 Å². The van der Waals surface area contributed by atoms with Gasteiger partial charge in [0.25, 0.3) is 0 Å². The number of aromatic nitrogens is 2. The number of likely N-dealkylation sites (tertiary alicyclic amines) is 1. The average molecular weight is 373 g/mol. The number of methoxy groups -OCH3 is 1. The lowest BCUT2D eigenvalue weighted by molar-refractivity contribution is -0.139. The third kappa shape index (κ3) is 3.56. The SMILES string of the molecule is CCc1cnc(N2CCC[C@@]3(CCN(C4CCC(OC)CC4)C3=O)C2)nc1. The van der Waals surface area contributed by atoms with E-state index in [1.54, 1.807) is 7.11 Å². The van der Waals surface area contributed by atoms with E-state index in [1.807, 2.05) is 12.4 Å². The van der Waals surface area contributed by atoms with Gasteiger partial charge in [0.1, 0.15) is 0 Å². The fourth-order valence-corrected chi connectivity index (χ4v) is 5.16. The lowest BCUT2D eigenvalue weighted by Crippen LogP contribution is -2.50. The first-order valence-electron chi connectivity index (χ1n) is 10.5. The van der Waals surface area contributed by atoms with Gasteiger partial charge in [0.2, 0.25) is 11.9 Å². The Hall–Kier alpha value is -1.69. The van der Waals surface area contributed by atoms with Crippen molar-refractivity contribution < 1.29 is 9.53 Å². The van der Waals surface area contributed by atoms with E-state index in [1.165, 1.54) is 0 Å². The van der Waals surface area contributed by atoms with E-state index in [2.05, 4.69) is 26.7 Å². The second-order valence-electron chi connectivity index (χ2n) is 8.47. The molecule has 2 saturated heterocycles. The minimum atomic E-state index is -0.233. The van der Waals surface area contributed by atoms with Crippen LogP contribution in [0.15, 0.2) is 12.4 Å². The smallest absolute Gasteiger partial charge is 0.230 e. The molecule has 0 aromatic carbocycles. The molecule has 1 aliphatic carbocycles. The van der Waals surface area contributed by atoms with Crippen LogP contribution in [0.5, 0.6) is 0 Å². The summed E-state index contributed by atoms with van der Waals surface area (Å²) >= 11 is 0. The molecular formula is C21H32N4O2. The molecule has 0 bridgehead atoms. The van der Waals surface area contributed by atoms with Crippen LogP contribution in [0.4, 0.5) is 5.95 Å². The monoisotopic (exact) mass is 372 g/mol. The number of carbonyl (C=O) groups excluding carboxylic acids is 1. The molecule has 0 N–H and O–H groups in total. The van der Waals surface area contributed by atoms with E-state index in [0.717, 1.165) is 82.5 Å². The van der Waals surface area contributed by atoms with E-state index in [-0.39, 0.29) is 5.41 Å². The zero-order valence-electron chi connectivity index (χ0n) is 16.7. The van der Waals surface area contributed by atoms with Gasteiger partial charge >= 0.3 is 0 Å². The first kappa shape index (κ1) is 18.7. The van der Waals surface area contributed by atoms with Gasteiger partial charge in [-0.25, -0.2) is 9.97 Å². The Morgan fingerprint density at radius 3 is 2.56 bits per heavy atom. The van der Waals surface area contributed by atoms with Gasteiger partial charge in [-0.2, -0.15) is 0 Å². The van der Waals surface area contributed by atoms with Crippen LogP contribution in [0.3, 0.4) is 0 Å². The second-order valence-corrected chi connectivity index (χ2v) is 8.47. The zero-order chi connectivity index (χ0) is 18.9. The summed E-state index contributed by atoms with van der Waals surface area (Å²) in [4.78, 5) is 27.0. The highest BCUT2D eigenvalue weighted by molar-refractivity contribution is 5.86. The van der Waals surface area contributed by atoms with Gasteiger partial charge in [-0.15, -0.1) is 0 Å². The fourth-order valence-electron chi connectivity index (χ4n) is 5.16. The molecule has 1 aromatic rings. The van der Waals surface area contributed by atoms with Crippen molar-refractivity contribution in [2.75, 3.05) is 31.6 Å². The Labute approximate surface area is 162 Å². The van der Waals surface area contributed by atoms with Gasteiger partial charge in [0.05, 0.1) is 11.5 Å². The minimum Gasteiger partial charge on any atom is -0.381 e. The quantitative estimate of drug-likeness (QED) is 0.813. The molecule has 0 unspecified atom stereocenters. The molecule has 1 saturated carbocycles. The van der Waals surface area contributed by atoms with Gasteiger partial charge in [-0.3, -0.25) is 4.79 Å². The molecule has 148 valence electrons. The van der Waals surface area contributed by atoms with Crippen molar-refractivity contribution in [2.45, 2.75) is 70.4 Å². The third-order valence-electron chi connectivity index (χ3n) is 6.92. The number of piperidine rings is 1. The number of rotatable bonds is 4. The molecule has 1 atom stereocenters. The zero-order valence-corrected chi connectivity index (χ0v) is 16.7. The summed E-state index contributed by atoms with van der Waals surface area (Å²) in [5.74, 6) is 1.15. The number of ether oxygens (including phenoxy) is 1. The summed E-state index contributed by atoms with van der Waals surface area (Å²) in [6.45, 7) is 4.73. The molecule has 1 spiro atoms. The number of aryl methyl sites for hydroxylation is 1. The Kier molecular flexibility index (Phi) is 5.35. The van der Waals surface area contributed by atoms with Gasteiger partial charge in [-0.1, -0.05) is 6.92 Å². The first-order chi connectivity index (χ1) is 13.1. The highest BCUT2D eigenvalue weighted by Gasteiger charge is 2.51. The molecule has 3 heterocycles. The number of carbonyl (C=O) groups is 1. The van der Waals surface area contributed by atoms with Crippen LogP contribution in [0.25, 0.3) is 0 Å². The van der Waals surface area contributed by atoms with E-state index in [0.29, 0.717) is 18.1 Å². The van der Waals surface area contributed by atoms with Crippen molar-refractivity contribution in [1.29, 1.82) is 0 Å². The summed E-state index contributed by atoms with van der Waals surface area (Å²) in [5, 5.41) is 0. The largest absolute Gasteiger partial charge is 0.381 e. The Morgan fingerprint density at radius 1 is 1.15 bits per heavy atom. The maximum Gasteiger partial charge on any atom is 0.230 e. The average Bonchev–Trinajstić information content (AvgIpc) is 3.04. The first-order valence-corrected chi connectivity index (χ1v) is 10.5. The topological polar surface area (TPSA) is 58.6 Å². The van der Waals surface area contributed by atoms with E-state index in [9.17, 15) is 4.79 Å². The lowest BCUT2D eigenvalue weighted by atomic mass is 9.78. The van der Waals surface area contributed by atoms with Gasteiger partial charge in [0, 0.05) is 45.2 Å². The molecule has 1 amide bonds. The number of hydrogen-bond donors (Lipinski definition) is 0. The summed E-state index contributed by atoms with van der Waals surface area (Å²) in [5.41, 5.74) is 0.920. The minimum absolute atomic E-state index is 0.233. The second kappa shape index (κ2) is 7.74. The van der Waals surface area contributed by atoms with Gasteiger partial charge in [-0.05, 0) is 56.9 Å². The molecule has 2 aliphatic heterocycles. The number of anilines is 1. The number of amides is 1. The summed E-state index contributed by atoms with van der Waals surface area (Å²) in [6, 6.07) is 0.402. The summed E-state index contributed by atoms with van der Waals surface area (Å²) in [7, 11) is 1.80. The van der Waals surface area contributed by atoms with E-state index < -0.39 is 0 Å². The highest BCUT2D eigenvalue weighted by atomic mass is 16.5.